The summed E-state index contributed by atoms with van der Waals surface area (Å²) in [5.41, 5.74) is 1.96. The van der Waals surface area contributed by atoms with Crippen LogP contribution in [0.1, 0.15) is 30.0 Å². The molecule has 2 aromatic rings. The fraction of sp³-hybridized carbons (Fsp3) is 0.278. The third-order valence-corrected chi connectivity index (χ3v) is 4.14. The Morgan fingerprint density at radius 1 is 1.09 bits per heavy atom. The molecule has 114 valence electrons. The van der Waals surface area contributed by atoms with Gasteiger partial charge in [0.1, 0.15) is 6.04 Å². The van der Waals surface area contributed by atoms with Gasteiger partial charge >= 0.3 is 0 Å². The highest BCUT2D eigenvalue weighted by Gasteiger charge is 2.28. The summed E-state index contributed by atoms with van der Waals surface area (Å²) in [5, 5.41) is 7.11. The summed E-state index contributed by atoms with van der Waals surface area (Å²) in [5.74, 6) is 0.0285. The van der Waals surface area contributed by atoms with Gasteiger partial charge in [-0.05, 0) is 30.0 Å². The summed E-state index contributed by atoms with van der Waals surface area (Å²) in [6, 6.07) is 17.5. The fourth-order valence-corrected chi connectivity index (χ4v) is 2.58. The first-order valence-electron chi connectivity index (χ1n) is 7.56. The molecule has 2 aromatic carbocycles. The van der Waals surface area contributed by atoms with Gasteiger partial charge in [0.15, 0.2) is 0 Å². The molecule has 0 heterocycles. The van der Waals surface area contributed by atoms with E-state index in [1.807, 2.05) is 54.6 Å². The minimum Gasteiger partial charge on any atom is -0.352 e. The number of amides is 1. The number of carbonyl (C=O) groups excluding carboxylic acids is 1. The van der Waals surface area contributed by atoms with Gasteiger partial charge in [0.05, 0.1) is 0 Å². The zero-order chi connectivity index (χ0) is 15.4. The smallest absolute Gasteiger partial charge is 0.241 e. The van der Waals surface area contributed by atoms with E-state index in [2.05, 4.69) is 10.6 Å². The van der Waals surface area contributed by atoms with Crippen molar-refractivity contribution in [3.8, 4) is 0 Å². The van der Waals surface area contributed by atoms with E-state index in [4.69, 9.17) is 11.6 Å². The van der Waals surface area contributed by atoms with Gasteiger partial charge in [-0.25, -0.2) is 0 Å². The number of hydrogen-bond donors (Lipinski definition) is 2. The van der Waals surface area contributed by atoms with Crippen LogP contribution in [-0.2, 0) is 11.3 Å². The molecule has 0 aliphatic heterocycles. The molecular formula is C18H19ClN2O. The third kappa shape index (κ3) is 3.87. The van der Waals surface area contributed by atoms with Crippen molar-refractivity contribution in [3.05, 3.63) is 70.7 Å². The molecule has 4 heteroatoms. The molecule has 3 rings (SSSR count). The summed E-state index contributed by atoms with van der Waals surface area (Å²) < 4.78 is 0. The Labute approximate surface area is 135 Å². The van der Waals surface area contributed by atoms with Gasteiger partial charge in [-0.2, -0.15) is 0 Å². The molecule has 22 heavy (non-hydrogen) atoms. The largest absolute Gasteiger partial charge is 0.352 e. The van der Waals surface area contributed by atoms with Gasteiger partial charge in [-0.15, -0.1) is 0 Å². The minimum absolute atomic E-state index is 0.0285. The Kier molecular flexibility index (Phi) is 4.76. The average molecular weight is 315 g/mol. The highest BCUT2D eigenvalue weighted by Crippen LogP contribution is 2.22. The predicted molar refractivity (Wildman–Crippen MR) is 88.6 cm³/mol. The molecule has 2 N–H and O–H groups in total. The summed E-state index contributed by atoms with van der Waals surface area (Å²) in [7, 11) is 0. The fourth-order valence-electron chi connectivity index (χ4n) is 2.37. The average Bonchev–Trinajstić information content (AvgIpc) is 3.34. The van der Waals surface area contributed by atoms with E-state index in [0.29, 0.717) is 17.6 Å². The second-order valence-electron chi connectivity index (χ2n) is 5.60. The zero-order valence-corrected chi connectivity index (χ0v) is 13.0. The Balaban J connectivity index is 1.73. The standard InChI is InChI=1S/C18H19ClN2O/c19-16-9-5-4-8-14(16)12-20-17(13-6-2-1-3-7-13)18(22)21-15-10-11-15/h1-9,15,17,20H,10-12H2,(H,21,22)/t17-/m1/s1. The molecule has 1 atom stereocenters. The molecule has 0 aromatic heterocycles. The van der Waals surface area contributed by atoms with E-state index >= 15 is 0 Å². The highest BCUT2D eigenvalue weighted by molar-refractivity contribution is 6.31. The van der Waals surface area contributed by atoms with E-state index in [1.165, 1.54) is 0 Å². The molecule has 0 saturated heterocycles. The minimum atomic E-state index is -0.363. The lowest BCUT2D eigenvalue weighted by Crippen LogP contribution is -2.38. The monoisotopic (exact) mass is 314 g/mol. The van der Waals surface area contributed by atoms with Gasteiger partial charge in [-0.3, -0.25) is 10.1 Å². The van der Waals surface area contributed by atoms with E-state index in [1.54, 1.807) is 0 Å². The molecule has 1 aliphatic carbocycles. The molecule has 1 aliphatic rings. The second kappa shape index (κ2) is 6.95. The van der Waals surface area contributed by atoms with Crippen molar-refractivity contribution in [2.75, 3.05) is 0 Å². The first kappa shape index (κ1) is 15.1. The first-order valence-corrected chi connectivity index (χ1v) is 7.94. The maximum Gasteiger partial charge on any atom is 0.241 e. The molecule has 1 saturated carbocycles. The molecule has 1 fully saturated rings. The summed E-state index contributed by atoms with van der Waals surface area (Å²) in [6.45, 7) is 0.553. The van der Waals surface area contributed by atoms with Crippen LogP contribution in [0.4, 0.5) is 0 Å². The summed E-state index contributed by atoms with van der Waals surface area (Å²) >= 11 is 6.19. The van der Waals surface area contributed by atoms with Crippen LogP contribution < -0.4 is 10.6 Å². The predicted octanol–water partition coefficient (Wildman–Crippen LogP) is 3.45. The number of benzene rings is 2. The summed E-state index contributed by atoms with van der Waals surface area (Å²) in [4.78, 5) is 12.5. The molecule has 0 spiro atoms. The van der Waals surface area contributed by atoms with Crippen molar-refractivity contribution in [2.45, 2.75) is 31.5 Å². The lowest BCUT2D eigenvalue weighted by Gasteiger charge is -2.19. The molecule has 3 nitrogen and oxygen atoms in total. The maximum absolute atomic E-state index is 12.5. The molecule has 0 radical (unpaired) electrons. The van der Waals surface area contributed by atoms with Crippen molar-refractivity contribution in [2.24, 2.45) is 0 Å². The Bertz CT molecular complexity index is 641. The third-order valence-electron chi connectivity index (χ3n) is 3.77. The highest BCUT2D eigenvalue weighted by atomic mass is 35.5. The Morgan fingerprint density at radius 3 is 2.45 bits per heavy atom. The van der Waals surface area contributed by atoms with E-state index in [-0.39, 0.29) is 11.9 Å². The van der Waals surface area contributed by atoms with Crippen molar-refractivity contribution < 1.29 is 4.79 Å². The van der Waals surface area contributed by atoms with Crippen LogP contribution in [0.2, 0.25) is 5.02 Å². The normalized spacial score (nSPS) is 15.3. The quantitative estimate of drug-likeness (QED) is 0.857. The summed E-state index contributed by atoms with van der Waals surface area (Å²) in [6.07, 6.45) is 2.16. The lowest BCUT2D eigenvalue weighted by molar-refractivity contribution is -0.123. The van der Waals surface area contributed by atoms with Gasteiger partial charge < -0.3 is 5.32 Å². The van der Waals surface area contributed by atoms with Crippen LogP contribution in [-0.4, -0.2) is 11.9 Å². The number of halogens is 1. The van der Waals surface area contributed by atoms with Crippen molar-refractivity contribution in [1.82, 2.24) is 10.6 Å². The molecule has 0 bridgehead atoms. The van der Waals surface area contributed by atoms with E-state index < -0.39 is 0 Å². The van der Waals surface area contributed by atoms with Crippen LogP contribution in [0.5, 0.6) is 0 Å². The van der Waals surface area contributed by atoms with Gasteiger partial charge in [0, 0.05) is 17.6 Å². The first-order chi connectivity index (χ1) is 10.7. The molecule has 1 amide bonds. The van der Waals surface area contributed by atoms with E-state index in [9.17, 15) is 4.79 Å². The number of nitrogens with one attached hydrogen (secondary N) is 2. The zero-order valence-electron chi connectivity index (χ0n) is 12.3. The van der Waals surface area contributed by atoms with Crippen LogP contribution in [0.25, 0.3) is 0 Å². The lowest BCUT2D eigenvalue weighted by atomic mass is 10.1. The van der Waals surface area contributed by atoms with Crippen LogP contribution in [0, 0.1) is 0 Å². The Hall–Kier alpha value is -1.84. The molecule has 0 unspecified atom stereocenters. The number of rotatable bonds is 6. The van der Waals surface area contributed by atoms with Gasteiger partial charge in [-0.1, -0.05) is 60.1 Å². The maximum atomic E-state index is 12.5. The van der Waals surface area contributed by atoms with Crippen LogP contribution in [0.15, 0.2) is 54.6 Å². The Morgan fingerprint density at radius 2 is 1.77 bits per heavy atom. The van der Waals surface area contributed by atoms with Gasteiger partial charge in [0.2, 0.25) is 5.91 Å². The number of hydrogen-bond acceptors (Lipinski definition) is 2. The van der Waals surface area contributed by atoms with Gasteiger partial charge in [0.25, 0.3) is 0 Å². The van der Waals surface area contributed by atoms with Crippen molar-refractivity contribution >= 4 is 17.5 Å². The number of carbonyl (C=O) groups is 1. The SMILES string of the molecule is O=C(NC1CC1)[C@H](NCc1ccccc1Cl)c1ccccc1. The topological polar surface area (TPSA) is 41.1 Å². The molecular weight excluding hydrogens is 296 g/mol. The second-order valence-corrected chi connectivity index (χ2v) is 6.01. The van der Waals surface area contributed by atoms with Crippen LogP contribution in [0.3, 0.4) is 0 Å². The van der Waals surface area contributed by atoms with Crippen molar-refractivity contribution in [1.29, 1.82) is 0 Å². The van der Waals surface area contributed by atoms with Crippen LogP contribution >= 0.6 is 11.6 Å². The van der Waals surface area contributed by atoms with E-state index in [0.717, 1.165) is 24.0 Å². The van der Waals surface area contributed by atoms with Crippen molar-refractivity contribution in [3.63, 3.8) is 0 Å².